The quantitative estimate of drug-likeness (QED) is 0.788. The summed E-state index contributed by atoms with van der Waals surface area (Å²) in [6.45, 7) is 5.67. The minimum absolute atomic E-state index is 0.0319. The van der Waals surface area contributed by atoms with E-state index in [1.807, 2.05) is 17.0 Å². The highest BCUT2D eigenvalue weighted by molar-refractivity contribution is 5.92. The first-order chi connectivity index (χ1) is 11.6. The Morgan fingerprint density at radius 3 is 2.83 bits per heavy atom. The Morgan fingerprint density at radius 2 is 2.08 bits per heavy atom. The maximum atomic E-state index is 12.5. The summed E-state index contributed by atoms with van der Waals surface area (Å²) in [5, 5.41) is 0. The first kappa shape index (κ1) is 16.6. The van der Waals surface area contributed by atoms with Gasteiger partial charge in [-0.15, -0.1) is 0 Å². The molecule has 0 spiro atoms. The number of carbonyl (C=O) groups excluding carboxylic acids is 1. The molecule has 1 fully saturated rings. The van der Waals surface area contributed by atoms with Crippen molar-refractivity contribution in [3.8, 4) is 17.2 Å². The van der Waals surface area contributed by atoms with Gasteiger partial charge in [-0.25, -0.2) is 0 Å². The third-order valence-corrected chi connectivity index (χ3v) is 4.38. The number of fused-ring (bicyclic) bond motifs is 1. The van der Waals surface area contributed by atoms with Crippen LogP contribution in [0.1, 0.15) is 12.5 Å². The molecule has 6 nitrogen and oxygen atoms in total. The van der Waals surface area contributed by atoms with Crippen LogP contribution < -0.4 is 14.2 Å². The molecule has 0 N–H and O–H groups in total. The van der Waals surface area contributed by atoms with Gasteiger partial charge in [0.2, 0.25) is 11.7 Å². The van der Waals surface area contributed by atoms with Crippen LogP contribution in [-0.4, -0.2) is 68.8 Å². The van der Waals surface area contributed by atoms with Crippen LogP contribution in [0, 0.1) is 0 Å². The van der Waals surface area contributed by atoms with Gasteiger partial charge in [-0.2, -0.15) is 0 Å². The molecule has 0 aliphatic carbocycles. The van der Waals surface area contributed by atoms with Gasteiger partial charge >= 0.3 is 0 Å². The second-order valence-corrected chi connectivity index (χ2v) is 6.22. The van der Waals surface area contributed by atoms with Crippen molar-refractivity contribution in [2.24, 2.45) is 0 Å². The summed E-state index contributed by atoms with van der Waals surface area (Å²) in [5.41, 5.74) is 0.853. The fourth-order valence-electron chi connectivity index (χ4n) is 3.12. The van der Waals surface area contributed by atoms with Gasteiger partial charge in [0.15, 0.2) is 11.5 Å². The molecule has 2 aliphatic heterocycles. The topological polar surface area (TPSA) is 51.2 Å². The lowest BCUT2D eigenvalue weighted by Gasteiger charge is -2.37. The Labute approximate surface area is 142 Å². The van der Waals surface area contributed by atoms with Crippen LogP contribution in [0.4, 0.5) is 0 Å². The summed E-state index contributed by atoms with van der Waals surface area (Å²) in [6.07, 6.45) is 3.42. The average molecular weight is 332 g/mol. The molecule has 1 amide bonds. The molecule has 3 rings (SSSR count). The molecular formula is C18H24N2O4. The lowest BCUT2D eigenvalue weighted by Crippen LogP contribution is -2.52. The maximum absolute atomic E-state index is 12.5. The summed E-state index contributed by atoms with van der Waals surface area (Å²) in [4.78, 5) is 16.6. The number of ether oxygens (including phenoxy) is 3. The summed E-state index contributed by atoms with van der Waals surface area (Å²) in [6, 6.07) is 3.94. The van der Waals surface area contributed by atoms with Crippen molar-refractivity contribution in [2.45, 2.75) is 13.0 Å². The smallest absolute Gasteiger partial charge is 0.246 e. The van der Waals surface area contributed by atoms with E-state index in [-0.39, 0.29) is 11.9 Å². The van der Waals surface area contributed by atoms with E-state index in [1.54, 1.807) is 19.3 Å². The molecule has 1 unspecified atom stereocenters. The fraction of sp³-hybridized carbons (Fsp3) is 0.500. The Balaban J connectivity index is 1.75. The van der Waals surface area contributed by atoms with Crippen LogP contribution in [-0.2, 0) is 4.79 Å². The monoisotopic (exact) mass is 332 g/mol. The van der Waals surface area contributed by atoms with Crippen LogP contribution in [0.2, 0.25) is 0 Å². The molecular weight excluding hydrogens is 308 g/mol. The zero-order valence-corrected chi connectivity index (χ0v) is 14.4. The Morgan fingerprint density at radius 1 is 1.29 bits per heavy atom. The molecule has 2 aliphatic rings. The molecule has 0 aromatic heterocycles. The van der Waals surface area contributed by atoms with E-state index in [0.29, 0.717) is 30.5 Å². The Bertz CT molecular complexity index is 627. The molecule has 0 radical (unpaired) electrons. The summed E-state index contributed by atoms with van der Waals surface area (Å²) >= 11 is 0. The minimum atomic E-state index is 0.0319. The highest BCUT2D eigenvalue weighted by Crippen LogP contribution is 2.40. The first-order valence-corrected chi connectivity index (χ1v) is 8.23. The normalized spacial score (nSPS) is 21.1. The van der Waals surface area contributed by atoms with Crippen LogP contribution in [0.15, 0.2) is 18.2 Å². The van der Waals surface area contributed by atoms with Gasteiger partial charge in [0.25, 0.3) is 0 Å². The maximum Gasteiger partial charge on any atom is 0.246 e. The van der Waals surface area contributed by atoms with E-state index < -0.39 is 0 Å². The molecule has 1 atom stereocenters. The number of piperazine rings is 1. The van der Waals surface area contributed by atoms with Gasteiger partial charge in [-0.3, -0.25) is 4.79 Å². The summed E-state index contributed by atoms with van der Waals surface area (Å²) in [5.74, 6) is 1.93. The predicted octanol–water partition coefficient (Wildman–Crippen LogP) is 1.64. The van der Waals surface area contributed by atoms with Crippen molar-refractivity contribution in [1.82, 2.24) is 9.80 Å². The third kappa shape index (κ3) is 3.48. The molecule has 6 heteroatoms. The molecule has 2 heterocycles. The number of hydrogen-bond acceptors (Lipinski definition) is 5. The van der Waals surface area contributed by atoms with Crippen molar-refractivity contribution >= 4 is 12.0 Å². The number of carbonyl (C=O) groups is 1. The number of amides is 1. The number of nitrogens with zero attached hydrogens (tertiary/aromatic N) is 2. The van der Waals surface area contributed by atoms with Gasteiger partial charge in [0.1, 0.15) is 13.2 Å². The van der Waals surface area contributed by atoms with Gasteiger partial charge in [0.05, 0.1) is 7.11 Å². The lowest BCUT2D eigenvalue weighted by molar-refractivity contribution is -0.130. The second kappa shape index (κ2) is 7.13. The molecule has 0 bridgehead atoms. The van der Waals surface area contributed by atoms with Crippen molar-refractivity contribution in [3.63, 3.8) is 0 Å². The third-order valence-electron chi connectivity index (χ3n) is 4.38. The van der Waals surface area contributed by atoms with E-state index in [1.165, 1.54) is 0 Å². The molecule has 1 aromatic carbocycles. The zero-order chi connectivity index (χ0) is 17.1. The van der Waals surface area contributed by atoms with Crippen LogP contribution in [0.5, 0.6) is 17.2 Å². The Hall–Kier alpha value is -2.21. The van der Waals surface area contributed by atoms with Crippen LogP contribution >= 0.6 is 0 Å². The second-order valence-electron chi connectivity index (χ2n) is 6.22. The SMILES string of the molecule is COc1cc(/C=C/C(=O)N2CCN(C)CC2C)cc2c1OCCO2. The van der Waals surface area contributed by atoms with Gasteiger partial charge in [-0.05, 0) is 37.7 Å². The van der Waals surface area contributed by atoms with Crippen molar-refractivity contribution in [2.75, 3.05) is 47.0 Å². The van der Waals surface area contributed by atoms with E-state index in [9.17, 15) is 4.79 Å². The number of benzene rings is 1. The number of methoxy groups -OCH3 is 1. The van der Waals surface area contributed by atoms with Crippen molar-refractivity contribution in [3.05, 3.63) is 23.8 Å². The number of hydrogen-bond donors (Lipinski definition) is 0. The number of likely N-dealkylation sites (N-methyl/N-ethyl adjacent to an activating group) is 1. The predicted molar refractivity (Wildman–Crippen MR) is 91.7 cm³/mol. The van der Waals surface area contributed by atoms with E-state index in [4.69, 9.17) is 14.2 Å². The van der Waals surface area contributed by atoms with Crippen LogP contribution in [0.3, 0.4) is 0 Å². The van der Waals surface area contributed by atoms with Crippen molar-refractivity contribution < 1.29 is 19.0 Å². The van der Waals surface area contributed by atoms with E-state index in [0.717, 1.165) is 25.2 Å². The van der Waals surface area contributed by atoms with E-state index in [2.05, 4.69) is 18.9 Å². The molecule has 0 saturated carbocycles. The first-order valence-electron chi connectivity index (χ1n) is 8.23. The van der Waals surface area contributed by atoms with Gasteiger partial charge in [-0.1, -0.05) is 0 Å². The molecule has 24 heavy (non-hydrogen) atoms. The van der Waals surface area contributed by atoms with Crippen LogP contribution in [0.25, 0.3) is 6.08 Å². The highest BCUT2D eigenvalue weighted by Gasteiger charge is 2.24. The fourth-order valence-corrected chi connectivity index (χ4v) is 3.12. The minimum Gasteiger partial charge on any atom is -0.493 e. The Kier molecular flexibility index (Phi) is 4.94. The standard InChI is InChI=1S/C18H24N2O4/c1-13-12-19(2)6-7-20(13)17(21)5-4-14-10-15(22-3)18-16(11-14)23-8-9-24-18/h4-5,10-11,13H,6-9,12H2,1-3H3/b5-4+. The lowest BCUT2D eigenvalue weighted by atomic mass is 10.1. The summed E-state index contributed by atoms with van der Waals surface area (Å²) in [7, 11) is 3.67. The number of rotatable bonds is 3. The largest absolute Gasteiger partial charge is 0.493 e. The molecule has 1 aromatic rings. The zero-order valence-electron chi connectivity index (χ0n) is 14.4. The highest BCUT2D eigenvalue weighted by atomic mass is 16.6. The van der Waals surface area contributed by atoms with Crippen molar-refractivity contribution in [1.29, 1.82) is 0 Å². The molecule has 1 saturated heterocycles. The molecule has 130 valence electrons. The average Bonchev–Trinajstić information content (AvgIpc) is 2.58. The van der Waals surface area contributed by atoms with Gasteiger partial charge in [0, 0.05) is 31.8 Å². The summed E-state index contributed by atoms with van der Waals surface area (Å²) < 4.78 is 16.6. The van der Waals surface area contributed by atoms with Gasteiger partial charge < -0.3 is 24.0 Å². The van der Waals surface area contributed by atoms with E-state index >= 15 is 0 Å².